The average molecular weight is 259 g/mol. The number of nitrogens with two attached hydrogens (primary N) is 2. The molecule has 0 fully saturated rings. The molecule has 0 aliphatic heterocycles. The number of nitrogen functional groups attached to an aromatic ring is 1. The second-order valence-corrected chi connectivity index (χ2v) is 5.29. The zero-order valence-electron chi connectivity index (χ0n) is 9.55. The zero-order valence-corrected chi connectivity index (χ0v) is 10.4. The van der Waals surface area contributed by atoms with Gasteiger partial charge >= 0.3 is 0 Å². The predicted molar refractivity (Wildman–Crippen MR) is 67.0 cm³/mol. The van der Waals surface area contributed by atoms with Crippen LogP contribution in [0.25, 0.3) is 0 Å². The van der Waals surface area contributed by atoms with Crippen LogP contribution < -0.4 is 16.2 Å². The van der Waals surface area contributed by atoms with Crippen LogP contribution in [0.15, 0.2) is 23.1 Å². The molecule has 0 amide bonds. The molecule has 0 spiro atoms. The molecule has 1 rings (SSSR count). The number of sulfonamides is 1. The van der Waals surface area contributed by atoms with Crippen molar-refractivity contribution in [1.29, 1.82) is 0 Å². The second-order valence-electron chi connectivity index (χ2n) is 3.73. The first-order chi connectivity index (χ1) is 7.88. The van der Waals surface area contributed by atoms with E-state index in [2.05, 4.69) is 5.32 Å². The van der Waals surface area contributed by atoms with Crippen LogP contribution in [-0.4, -0.2) is 26.2 Å². The Balaban J connectivity index is 3.07. The maximum Gasteiger partial charge on any atom is 0.238 e. The molecule has 96 valence electrons. The Hall–Kier alpha value is -1.31. The van der Waals surface area contributed by atoms with Gasteiger partial charge in [0.2, 0.25) is 10.0 Å². The Kier molecular flexibility index (Phi) is 4.33. The molecule has 0 saturated heterocycles. The monoisotopic (exact) mass is 259 g/mol. The van der Waals surface area contributed by atoms with Crippen molar-refractivity contribution in [3.63, 3.8) is 0 Å². The highest BCUT2D eigenvalue weighted by molar-refractivity contribution is 7.89. The fourth-order valence-electron chi connectivity index (χ4n) is 1.33. The van der Waals surface area contributed by atoms with Crippen LogP contribution >= 0.6 is 0 Å². The van der Waals surface area contributed by atoms with Gasteiger partial charge in [-0.1, -0.05) is 6.92 Å². The Bertz CT molecular complexity index is 484. The van der Waals surface area contributed by atoms with Gasteiger partial charge in [0, 0.05) is 6.04 Å². The largest absolute Gasteiger partial charge is 0.397 e. The summed E-state index contributed by atoms with van der Waals surface area (Å²) in [4.78, 5) is -0.0120. The van der Waals surface area contributed by atoms with Gasteiger partial charge in [-0.3, -0.25) is 0 Å². The summed E-state index contributed by atoms with van der Waals surface area (Å²) >= 11 is 0. The van der Waals surface area contributed by atoms with E-state index in [4.69, 9.17) is 16.0 Å². The molecule has 0 heterocycles. The van der Waals surface area contributed by atoms with E-state index in [1.54, 1.807) is 0 Å². The molecule has 17 heavy (non-hydrogen) atoms. The molecular weight excluding hydrogens is 242 g/mol. The number of nitrogens with one attached hydrogen (secondary N) is 1. The molecule has 0 aliphatic rings. The van der Waals surface area contributed by atoms with E-state index in [1.807, 2.05) is 6.92 Å². The Morgan fingerprint density at radius 1 is 1.47 bits per heavy atom. The fraction of sp³-hybridized carbons (Fsp3) is 0.400. The van der Waals surface area contributed by atoms with Crippen molar-refractivity contribution in [2.75, 3.05) is 17.7 Å². The summed E-state index contributed by atoms with van der Waals surface area (Å²) in [6, 6.07) is 4.00. The minimum Gasteiger partial charge on any atom is -0.397 e. The van der Waals surface area contributed by atoms with Crippen LogP contribution in [0.4, 0.5) is 11.4 Å². The molecule has 6 N–H and O–H groups in total. The van der Waals surface area contributed by atoms with E-state index in [1.165, 1.54) is 18.2 Å². The molecule has 7 heteroatoms. The molecule has 0 aliphatic carbocycles. The van der Waals surface area contributed by atoms with Gasteiger partial charge in [-0.25, -0.2) is 13.6 Å². The summed E-state index contributed by atoms with van der Waals surface area (Å²) in [6.45, 7) is 1.84. The van der Waals surface area contributed by atoms with E-state index in [0.717, 1.165) is 0 Å². The zero-order chi connectivity index (χ0) is 13.1. The van der Waals surface area contributed by atoms with E-state index >= 15 is 0 Å². The molecule has 1 atom stereocenters. The summed E-state index contributed by atoms with van der Waals surface area (Å²) in [5.41, 5.74) is 6.57. The van der Waals surface area contributed by atoms with Gasteiger partial charge in [0.25, 0.3) is 0 Å². The number of primary sulfonamides is 1. The predicted octanol–water partition coefficient (Wildman–Crippen LogP) is 0.0990. The van der Waals surface area contributed by atoms with Crippen LogP contribution in [0, 0.1) is 0 Å². The van der Waals surface area contributed by atoms with Crippen molar-refractivity contribution in [3.8, 4) is 0 Å². The minimum atomic E-state index is -3.75. The summed E-state index contributed by atoms with van der Waals surface area (Å²) in [6.07, 6.45) is 0.690. The van der Waals surface area contributed by atoms with Crippen molar-refractivity contribution in [2.24, 2.45) is 5.14 Å². The molecule has 0 radical (unpaired) electrons. The number of hydrogen-bond acceptors (Lipinski definition) is 5. The fourth-order valence-corrected chi connectivity index (χ4v) is 1.87. The summed E-state index contributed by atoms with van der Waals surface area (Å²) in [5.74, 6) is 0. The van der Waals surface area contributed by atoms with Crippen LogP contribution in [0.2, 0.25) is 0 Å². The van der Waals surface area contributed by atoms with Gasteiger partial charge < -0.3 is 16.2 Å². The van der Waals surface area contributed by atoms with Crippen LogP contribution in [-0.2, 0) is 10.0 Å². The van der Waals surface area contributed by atoms with Gasteiger partial charge in [0.1, 0.15) is 0 Å². The summed E-state index contributed by atoms with van der Waals surface area (Å²) in [5, 5.41) is 17.1. The first kappa shape index (κ1) is 13.8. The van der Waals surface area contributed by atoms with Gasteiger partial charge in [0.15, 0.2) is 0 Å². The SMILES string of the molecule is CCC(CO)Nc1cc(S(N)(=O)=O)ccc1N. The lowest BCUT2D eigenvalue weighted by atomic mass is 10.2. The van der Waals surface area contributed by atoms with Crippen molar-refractivity contribution >= 4 is 21.4 Å². The van der Waals surface area contributed by atoms with Gasteiger partial charge in [-0.15, -0.1) is 0 Å². The van der Waals surface area contributed by atoms with Crippen LogP contribution in [0.5, 0.6) is 0 Å². The standard InChI is InChI=1S/C10H17N3O3S/c1-2-7(6-14)13-10-5-8(17(12,15)16)3-4-9(10)11/h3-5,7,13-14H,2,6,11H2,1H3,(H2,12,15,16). The van der Waals surface area contributed by atoms with Crippen molar-refractivity contribution in [1.82, 2.24) is 0 Å². The van der Waals surface area contributed by atoms with Gasteiger partial charge in [0.05, 0.1) is 22.9 Å². The maximum absolute atomic E-state index is 11.2. The lowest BCUT2D eigenvalue weighted by molar-refractivity contribution is 0.272. The first-order valence-corrected chi connectivity index (χ1v) is 6.72. The highest BCUT2D eigenvalue weighted by Gasteiger charge is 2.12. The number of anilines is 2. The third-order valence-corrected chi connectivity index (χ3v) is 3.34. The summed E-state index contributed by atoms with van der Waals surface area (Å²) in [7, 11) is -3.75. The summed E-state index contributed by atoms with van der Waals surface area (Å²) < 4.78 is 22.4. The highest BCUT2D eigenvalue weighted by atomic mass is 32.2. The Labute approximate surface area is 101 Å². The number of benzene rings is 1. The molecule has 1 unspecified atom stereocenters. The van der Waals surface area contributed by atoms with Gasteiger partial charge in [-0.2, -0.15) is 0 Å². The second kappa shape index (κ2) is 5.35. The first-order valence-electron chi connectivity index (χ1n) is 5.18. The molecule has 0 bridgehead atoms. The van der Waals surface area contributed by atoms with E-state index in [9.17, 15) is 8.42 Å². The lowest BCUT2D eigenvalue weighted by Gasteiger charge is -2.17. The number of aliphatic hydroxyl groups is 1. The molecule has 6 nitrogen and oxygen atoms in total. The number of hydrogen-bond donors (Lipinski definition) is 4. The van der Waals surface area contributed by atoms with E-state index in [0.29, 0.717) is 17.8 Å². The van der Waals surface area contributed by atoms with Crippen molar-refractivity contribution in [2.45, 2.75) is 24.3 Å². The van der Waals surface area contributed by atoms with Crippen LogP contribution in [0.1, 0.15) is 13.3 Å². The highest BCUT2D eigenvalue weighted by Crippen LogP contribution is 2.23. The quantitative estimate of drug-likeness (QED) is 0.559. The Morgan fingerprint density at radius 3 is 2.59 bits per heavy atom. The smallest absolute Gasteiger partial charge is 0.238 e. The lowest BCUT2D eigenvalue weighted by Crippen LogP contribution is -2.23. The van der Waals surface area contributed by atoms with Crippen molar-refractivity contribution in [3.05, 3.63) is 18.2 Å². The molecule has 0 aromatic heterocycles. The number of aliphatic hydroxyl groups excluding tert-OH is 1. The average Bonchev–Trinajstić information content (AvgIpc) is 2.26. The van der Waals surface area contributed by atoms with Gasteiger partial charge in [-0.05, 0) is 24.6 Å². The molecule has 1 aromatic carbocycles. The van der Waals surface area contributed by atoms with Crippen molar-refractivity contribution < 1.29 is 13.5 Å². The van der Waals surface area contributed by atoms with E-state index in [-0.39, 0.29) is 17.5 Å². The maximum atomic E-state index is 11.2. The molecule has 0 saturated carbocycles. The topological polar surface area (TPSA) is 118 Å². The minimum absolute atomic E-state index is 0.0120. The normalized spacial score (nSPS) is 13.4. The number of rotatable bonds is 5. The van der Waals surface area contributed by atoms with Crippen LogP contribution in [0.3, 0.4) is 0 Å². The third kappa shape index (κ3) is 3.58. The molecular formula is C10H17N3O3S. The Morgan fingerprint density at radius 2 is 2.12 bits per heavy atom. The third-order valence-electron chi connectivity index (χ3n) is 2.43. The van der Waals surface area contributed by atoms with E-state index < -0.39 is 10.0 Å². The molecule has 1 aromatic rings.